The first kappa shape index (κ1) is 13.5. The molecule has 6 heteroatoms. The average molecular weight is 323 g/mol. The van der Waals surface area contributed by atoms with Gasteiger partial charge in [-0.25, -0.2) is 9.78 Å². The summed E-state index contributed by atoms with van der Waals surface area (Å²) in [6.45, 7) is 3.64. The summed E-state index contributed by atoms with van der Waals surface area (Å²) in [5.74, 6) is -0.541. The van der Waals surface area contributed by atoms with Crippen LogP contribution in [0.2, 0.25) is 0 Å². The van der Waals surface area contributed by atoms with Gasteiger partial charge in [0.25, 0.3) is 5.56 Å². The van der Waals surface area contributed by atoms with Crippen LogP contribution < -0.4 is 5.56 Å². The van der Waals surface area contributed by atoms with E-state index in [-0.39, 0.29) is 17.7 Å². The van der Waals surface area contributed by atoms with Gasteiger partial charge in [-0.05, 0) is 18.2 Å². The van der Waals surface area contributed by atoms with Crippen molar-refractivity contribution in [1.82, 2.24) is 9.55 Å². The Morgan fingerprint density at radius 2 is 2.26 bits per heavy atom. The molecular formula is C13H11BrN2O3. The van der Waals surface area contributed by atoms with Crippen LogP contribution in [0.4, 0.5) is 0 Å². The Hall–Kier alpha value is -1.95. The van der Waals surface area contributed by atoms with Crippen LogP contribution in [0, 0.1) is 0 Å². The van der Waals surface area contributed by atoms with E-state index in [4.69, 9.17) is 0 Å². The molecule has 1 heterocycles. The first-order valence-electron chi connectivity index (χ1n) is 5.43. The Bertz CT molecular complexity index is 721. The number of hydrogen-bond donors (Lipinski definition) is 0. The molecule has 0 saturated carbocycles. The molecule has 0 N–H and O–H groups in total. The molecule has 0 bridgehead atoms. The minimum Gasteiger partial charge on any atom is -0.466 e. The molecule has 0 aliphatic rings. The smallest absolute Gasteiger partial charge is 0.334 e. The minimum atomic E-state index is -0.541. The Morgan fingerprint density at radius 1 is 1.53 bits per heavy atom. The van der Waals surface area contributed by atoms with Crippen molar-refractivity contribution in [3.05, 3.63) is 51.5 Å². The molecule has 2 aromatic rings. The van der Waals surface area contributed by atoms with Crippen molar-refractivity contribution < 1.29 is 9.53 Å². The van der Waals surface area contributed by atoms with Gasteiger partial charge in [0.1, 0.15) is 0 Å². The number of esters is 1. The highest BCUT2D eigenvalue weighted by molar-refractivity contribution is 9.10. The largest absolute Gasteiger partial charge is 0.466 e. The number of carbonyl (C=O) groups is 1. The molecule has 0 amide bonds. The molecule has 0 saturated heterocycles. The van der Waals surface area contributed by atoms with Crippen LogP contribution in [0.25, 0.3) is 10.9 Å². The third-order valence-electron chi connectivity index (χ3n) is 2.62. The molecule has 0 fully saturated rings. The first-order chi connectivity index (χ1) is 9.02. The van der Waals surface area contributed by atoms with Gasteiger partial charge in [-0.2, -0.15) is 0 Å². The van der Waals surface area contributed by atoms with Gasteiger partial charge in [0, 0.05) is 10.0 Å². The molecular weight excluding hydrogens is 312 g/mol. The highest BCUT2D eigenvalue weighted by atomic mass is 79.9. The van der Waals surface area contributed by atoms with Crippen LogP contribution in [0.15, 0.2) is 45.9 Å². The average Bonchev–Trinajstić information content (AvgIpc) is 2.41. The van der Waals surface area contributed by atoms with Gasteiger partial charge in [-0.1, -0.05) is 22.5 Å². The van der Waals surface area contributed by atoms with Crippen LogP contribution in [-0.4, -0.2) is 22.6 Å². The third kappa shape index (κ3) is 2.73. The lowest BCUT2D eigenvalue weighted by Crippen LogP contribution is -2.23. The topological polar surface area (TPSA) is 61.2 Å². The lowest BCUT2D eigenvalue weighted by molar-refractivity contribution is -0.136. The lowest BCUT2D eigenvalue weighted by atomic mass is 10.2. The first-order valence-corrected chi connectivity index (χ1v) is 6.23. The van der Waals surface area contributed by atoms with Gasteiger partial charge in [-0.3, -0.25) is 9.36 Å². The number of rotatable bonds is 3. The van der Waals surface area contributed by atoms with Gasteiger partial charge in [0.05, 0.1) is 30.9 Å². The monoisotopic (exact) mass is 322 g/mol. The number of methoxy groups -OCH3 is 1. The lowest BCUT2D eigenvalue weighted by Gasteiger charge is -2.07. The quantitative estimate of drug-likeness (QED) is 0.639. The molecule has 5 nitrogen and oxygen atoms in total. The summed E-state index contributed by atoms with van der Waals surface area (Å²) >= 11 is 3.31. The maximum atomic E-state index is 12.2. The Balaban J connectivity index is 2.46. The molecule has 0 spiro atoms. The molecule has 98 valence electrons. The van der Waals surface area contributed by atoms with E-state index in [0.717, 1.165) is 4.47 Å². The van der Waals surface area contributed by atoms with E-state index in [9.17, 15) is 9.59 Å². The zero-order valence-electron chi connectivity index (χ0n) is 10.2. The van der Waals surface area contributed by atoms with Crippen molar-refractivity contribution in [2.45, 2.75) is 6.54 Å². The number of benzene rings is 1. The Labute approximate surface area is 117 Å². The number of fused-ring (bicyclic) bond motifs is 1. The summed E-state index contributed by atoms with van der Waals surface area (Å²) in [5.41, 5.74) is 0.574. The van der Waals surface area contributed by atoms with Gasteiger partial charge in [0.2, 0.25) is 0 Å². The van der Waals surface area contributed by atoms with Gasteiger partial charge in [-0.15, -0.1) is 0 Å². The SMILES string of the molecule is C=C(Cn1cnc2ccc(Br)cc2c1=O)C(=O)OC. The molecule has 0 aliphatic heterocycles. The van der Waals surface area contributed by atoms with Crippen molar-refractivity contribution in [1.29, 1.82) is 0 Å². The van der Waals surface area contributed by atoms with E-state index >= 15 is 0 Å². The molecule has 0 aliphatic carbocycles. The second kappa shape index (κ2) is 5.36. The van der Waals surface area contributed by atoms with Crippen LogP contribution in [0.3, 0.4) is 0 Å². The molecule has 0 radical (unpaired) electrons. The van der Waals surface area contributed by atoms with E-state index in [2.05, 4.69) is 32.2 Å². The van der Waals surface area contributed by atoms with Crippen LogP contribution >= 0.6 is 15.9 Å². The van der Waals surface area contributed by atoms with E-state index in [1.807, 2.05) is 6.07 Å². The molecule has 0 unspecified atom stereocenters. The van der Waals surface area contributed by atoms with Crippen LogP contribution in [0.5, 0.6) is 0 Å². The van der Waals surface area contributed by atoms with Crippen LogP contribution in [0.1, 0.15) is 0 Å². The summed E-state index contributed by atoms with van der Waals surface area (Å²) in [5, 5.41) is 0.481. The predicted octanol–water partition coefficient (Wildman–Crippen LogP) is 1.89. The fourth-order valence-electron chi connectivity index (χ4n) is 1.66. The van der Waals surface area contributed by atoms with Crippen LogP contribution in [-0.2, 0) is 16.1 Å². The number of hydrogen-bond acceptors (Lipinski definition) is 4. The van der Waals surface area contributed by atoms with Crippen molar-refractivity contribution in [3.63, 3.8) is 0 Å². The number of ether oxygens (including phenoxy) is 1. The number of carbonyl (C=O) groups excluding carboxylic acids is 1. The Morgan fingerprint density at radius 3 is 2.95 bits per heavy atom. The van der Waals surface area contributed by atoms with Gasteiger partial charge in [0.15, 0.2) is 0 Å². The summed E-state index contributed by atoms with van der Waals surface area (Å²) in [6.07, 6.45) is 1.40. The predicted molar refractivity (Wildman–Crippen MR) is 74.9 cm³/mol. The Kier molecular flexibility index (Phi) is 3.80. The molecule has 0 atom stereocenters. The van der Waals surface area contributed by atoms with E-state index in [1.165, 1.54) is 18.0 Å². The van der Waals surface area contributed by atoms with Crippen molar-refractivity contribution >= 4 is 32.8 Å². The van der Waals surface area contributed by atoms with E-state index < -0.39 is 5.97 Å². The number of aromatic nitrogens is 2. The second-order valence-electron chi connectivity index (χ2n) is 3.93. The second-order valence-corrected chi connectivity index (χ2v) is 4.85. The van der Waals surface area contributed by atoms with E-state index in [1.54, 1.807) is 12.1 Å². The van der Waals surface area contributed by atoms with Crippen molar-refractivity contribution in [2.24, 2.45) is 0 Å². The number of halogens is 1. The molecule has 2 rings (SSSR count). The molecule has 1 aromatic carbocycles. The summed E-state index contributed by atoms with van der Waals surface area (Å²) in [6, 6.07) is 5.26. The fraction of sp³-hybridized carbons (Fsp3) is 0.154. The highest BCUT2D eigenvalue weighted by Gasteiger charge is 2.10. The molecule has 1 aromatic heterocycles. The summed E-state index contributed by atoms with van der Waals surface area (Å²) < 4.78 is 6.67. The standard InChI is InChI=1S/C13H11BrN2O3/c1-8(13(18)19-2)6-16-7-15-11-4-3-9(14)5-10(11)12(16)17/h3-5,7H,1,6H2,2H3. The third-order valence-corrected chi connectivity index (χ3v) is 3.11. The zero-order valence-corrected chi connectivity index (χ0v) is 11.8. The van der Waals surface area contributed by atoms with Gasteiger partial charge < -0.3 is 4.74 Å². The highest BCUT2D eigenvalue weighted by Crippen LogP contribution is 2.15. The number of nitrogens with zero attached hydrogens (tertiary/aromatic N) is 2. The zero-order chi connectivity index (χ0) is 14.0. The summed E-state index contributed by atoms with van der Waals surface area (Å²) in [7, 11) is 1.27. The van der Waals surface area contributed by atoms with Gasteiger partial charge >= 0.3 is 5.97 Å². The summed E-state index contributed by atoms with van der Waals surface area (Å²) in [4.78, 5) is 27.7. The van der Waals surface area contributed by atoms with E-state index in [0.29, 0.717) is 10.9 Å². The normalized spacial score (nSPS) is 10.4. The van der Waals surface area contributed by atoms with Crippen molar-refractivity contribution in [2.75, 3.05) is 7.11 Å². The fourth-order valence-corrected chi connectivity index (χ4v) is 2.02. The maximum Gasteiger partial charge on any atom is 0.334 e. The molecule has 19 heavy (non-hydrogen) atoms. The van der Waals surface area contributed by atoms with Crippen molar-refractivity contribution in [3.8, 4) is 0 Å². The maximum absolute atomic E-state index is 12.2. The minimum absolute atomic E-state index is 0.0565.